The third kappa shape index (κ3) is 3.43. The molecule has 0 unspecified atom stereocenters. The van der Waals surface area contributed by atoms with Crippen LogP contribution in [0.15, 0.2) is 36.4 Å². The van der Waals surface area contributed by atoms with Crippen LogP contribution in [0.25, 0.3) is 0 Å². The van der Waals surface area contributed by atoms with Crippen molar-refractivity contribution in [1.82, 2.24) is 9.88 Å². The molecule has 7 heteroatoms. The number of anilines is 1. The fourth-order valence-corrected chi connectivity index (χ4v) is 3.45. The van der Waals surface area contributed by atoms with Gasteiger partial charge in [0.15, 0.2) is 11.5 Å². The van der Waals surface area contributed by atoms with Crippen LogP contribution in [0, 0.1) is 0 Å². The second-order valence-corrected chi connectivity index (χ2v) is 6.51. The van der Waals surface area contributed by atoms with E-state index in [2.05, 4.69) is 20.9 Å². The van der Waals surface area contributed by atoms with E-state index in [0.29, 0.717) is 12.5 Å². The van der Waals surface area contributed by atoms with Crippen molar-refractivity contribution in [3.8, 4) is 11.5 Å². The number of hydrogen-bond acceptors (Lipinski definition) is 6. The molecule has 0 radical (unpaired) electrons. The monoisotopic (exact) mass is 354 g/mol. The number of benzene rings is 1. The molecule has 136 valence electrons. The van der Waals surface area contributed by atoms with Gasteiger partial charge < -0.3 is 20.1 Å². The average Bonchev–Trinajstić information content (AvgIpc) is 3.02. The van der Waals surface area contributed by atoms with E-state index in [1.54, 1.807) is 6.07 Å². The maximum atomic E-state index is 11.4. The van der Waals surface area contributed by atoms with Crippen molar-refractivity contribution in [1.29, 1.82) is 0 Å². The molecule has 2 aliphatic rings. The Balaban J connectivity index is 1.43. The van der Waals surface area contributed by atoms with E-state index < -0.39 is 5.91 Å². The number of rotatable bonds is 4. The van der Waals surface area contributed by atoms with Gasteiger partial charge in [0.2, 0.25) is 6.79 Å². The molecule has 0 aliphatic carbocycles. The van der Waals surface area contributed by atoms with E-state index in [-0.39, 0.29) is 0 Å². The number of ether oxygens (including phenoxy) is 2. The summed E-state index contributed by atoms with van der Waals surface area (Å²) in [5.41, 5.74) is 6.81. The number of aromatic nitrogens is 1. The minimum atomic E-state index is -0.497. The van der Waals surface area contributed by atoms with Crippen molar-refractivity contribution in [3.05, 3.63) is 47.7 Å². The van der Waals surface area contributed by atoms with Gasteiger partial charge in [-0.15, -0.1) is 0 Å². The predicted octanol–water partition coefficient (Wildman–Crippen LogP) is 1.62. The number of nitrogens with two attached hydrogens (primary N) is 1. The van der Waals surface area contributed by atoms with Crippen LogP contribution in [-0.2, 0) is 6.54 Å². The number of primary amides is 1. The summed E-state index contributed by atoms with van der Waals surface area (Å²) in [6, 6.07) is 11.4. The van der Waals surface area contributed by atoms with Gasteiger partial charge in [-0.3, -0.25) is 9.69 Å². The Labute approximate surface area is 152 Å². The lowest BCUT2D eigenvalue weighted by Gasteiger charge is -2.23. The summed E-state index contributed by atoms with van der Waals surface area (Å²) in [7, 11) is 0. The number of carbonyl (C=O) groups excluding carboxylic acids is 1. The van der Waals surface area contributed by atoms with Crippen molar-refractivity contribution in [3.63, 3.8) is 0 Å². The molecule has 0 bridgehead atoms. The zero-order valence-electron chi connectivity index (χ0n) is 14.6. The Bertz CT molecular complexity index is 811. The van der Waals surface area contributed by atoms with E-state index in [9.17, 15) is 4.79 Å². The van der Waals surface area contributed by atoms with Gasteiger partial charge in [-0.2, -0.15) is 0 Å². The van der Waals surface area contributed by atoms with Gasteiger partial charge in [-0.25, -0.2) is 4.98 Å². The Morgan fingerprint density at radius 3 is 2.85 bits per heavy atom. The smallest absolute Gasteiger partial charge is 0.267 e. The molecule has 1 saturated heterocycles. The van der Waals surface area contributed by atoms with Gasteiger partial charge in [-0.1, -0.05) is 18.2 Å². The Morgan fingerprint density at radius 1 is 1.08 bits per heavy atom. The molecular weight excluding hydrogens is 332 g/mol. The van der Waals surface area contributed by atoms with Gasteiger partial charge in [-0.05, 0) is 24.6 Å². The van der Waals surface area contributed by atoms with Crippen LogP contribution in [0.3, 0.4) is 0 Å². The van der Waals surface area contributed by atoms with Gasteiger partial charge >= 0.3 is 0 Å². The summed E-state index contributed by atoms with van der Waals surface area (Å²) in [5, 5.41) is 0. The third-order valence-corrected chi connectivity index (χ3v) is 4.77. The van der Waals surface area contributed by atoms with Gasteiger partial charge in [0.1, 0.15) is 11.5 Å². The van der Waals surface area contributed by atoms with Crippen molar-refractivity contribution in [2.24, 2.45) is 5.73 Å². The molecule has 26 heavy (non-hydrogen) atoms. The molecule has 1 aromatic heterocycles. The number of para-hydroxylation sites is 1. The fraction of sp³-hybridized carbons (Fsp3) is 0.368. The summed E-state index contributed by atoms with van der Waals surface area (Å²) in [6.07, 6.45) is 1.02. The molecule has 7 nitrogen and oxygen atoms in total. The first-order valence-corrected chi connectivity index (χ1v) is 8.82. The molecule has 0 saturated carbocycles. The summed E-state index contributed by atoms with van der Waals surface area (Å²) in [5.74, 6) is 2.00. The molecule has 1 amide bonds. The van der Waals surface area contributed by atoms with Gasteiger partial charge in [0.05, 0.1) is 0 Å². The van der Waals surface area contributed by atoms with Crippen LogP contribution in [0.4, 0.5) is 5.82 Å². The highest BCUT2D eigenvalue weighted by Crippen LogP contribution is 2.36. The lowest BCUT2D eigenvalue weighted by Crippen LogP contribution is -2.31. The zero-order chi connectivity index (χ0) is 17.9. The molecule has 3 heterocycles. The van der Waals surface area contributed by atoms with Crippen LogP contribution >= 0.6 is 0 Å². The first-order chi connectivity index (χ1) is 12.7. The predicted molar refractivity (Wildman–Crippen MR) is 97.4 cm³/mol. The minimum absolute atomic E-state index is 0.294. The Hall–Kier alpha value is -2.80. The number of fused-ring (bicyclic) bond motifs is 1. The first-order valence-electron chi connectivity index (χ1n) is 8.82. The topological polar surface area (TPSA) is 80.9 Å². The highest BCUT2D eigenvalue weighted by atomic mass is 16.7. The van der Waals surface area contributed by atoms with E-state index >= 15 is 0 Å². The Morgan fingerprint density at radius 2 is 1.96 bits per heavy atom. The molecule has 0 atom stereocenters. The molecular formula is C19H22N4O3. The molecule has 2 aromatic rings. The quantitative estimate of drug-likeness (QED) is 0.899. The standard InChI is InChI=1S/C19H22N4O3/c20-19(24)15-5-2-7-17(21-15)23-9-3-8-22(10-11-23)12-14-4-1-6-16-18(14)26-13-25-16/h1-2,4-7H,3,8-13H2,(H2,20,24). The van der Waals surface area contributed by atoms with E-state index in [1.807, 2.05) is 24.3 Å². The molecule has 1 aromatic carbocycles. The largest absolute Gasteiger partial charge is 0.454 e. The van der Waals surface area contributed by atoms with Crippen LogP contribution < -0.4 is 20.1 Å². The third-order valence-electron chi connectivity index (χ3n) is 4.77. The maximum absolute atomic E-state index is 11.4. The van der Waals surface area contributed by atoms with Crippen LogP contribution in [0.1, 0.15) is 22.5 Å². The first kappa shape index (κ1) is 16.7. The average molecular weight is 354 g/mol. The second-order valence-electron chi connectivity index (χ2n) is 6.51. The molecule has 2 N–H and O–H groups in total. The Kier molecular flexibility index (Phi) is 4.62. The fourth-order valence-electron chi connectivity index (χ4n) is 3.45. The van der Waals surface area contributed by atoms with E-state index in [4.69, 9.17) is 15.2 Å². The normalized spacial score (nSPS) is 17.2. The van der Waals surface area contributed by atoms with Crippen molar-refractivity contribution >= 4 is 11.7 Å². The number of carbonyl (C=O) groups is 1. The van der Waals surface area contributed by atoms with E-state index in [1.165, 1.54) is 0 Å². The van der Waals surface area contributed by atoms with Crippen molar-refractivity contribution < 1.29 is 14.3 Å². The van der Waals surface area contributed by atoms with Gasteiger partial charge in [0.25, 0.3) is 5.91 Å². The van der Waals surface area contributed by atoms with Crippen LogP contribution in [0.2, 0.25) is 0 Å². The minimum Gasteiger partial charge on any atom is -0.454 e. The highest BCUT2D eigenvalue weighted by molar-refractivity contribution is 5.91. The summed E-state index contributed by atoms with van der Waals surface area (Å²) >= 11 is 0. The number of hydrogen-bond donors (Lipinski definition) is 1. The van der Waals surface area contributed by atoms with Gasteiger partial charge in [0, 0.05) is 38.3 Å². The summed E-state index contributed by atoms with van der Waals surface area (Å²) in [6.45, 7) is 4.78. The highest BCUT2D eigenvalue weighted by Gasteiger charge is 2.21. The summed E-state index contributed by atoms with van der Waals surface area (Å²) in [4.78, 5) is 20.4. The van der Waals surface area contributed by atoms with Crippen LogP contribution in [-0.4, -0.2) is 48.8 Å². The SMILES string of the molecule is NC(=O)c1cccc(N2CCCN(Cc3cccc4c3OCO4)CC2)n1. The second kappa shape index (κ2) is 7.21. The number of pyridine rings is 1. The molecule has 1 fully saturated rings. The molecule has 0 spiro atoms. The van der Waals surface area contributed by atoms with Crippen LogP contribution in [0.5, 0.6) is 11.5 Å². The number of amides is 1. The van der Waals surface area contributed by atoms with Crippen molar-refractivity contribution in [2.45, 2.75) is 13.0 Å². The molecule has 2 aliphatic heterocycles. The lowest BCUT2D eigenvalue weighted by molar-refractivity contribution is 0.0995. The van der Waals surface area contributed by atoms with E-state index in [0.717, 1.165) is 62.0 Å². The zero-order valence-corrected chi connectivity index (χ0v) is 14.6. The van der Waals surface area contributed by atoms with Crippen molar-refractivity contribution in [2.75, 3.05) is 37.9 Å². The maximum Gasteiger partial charge on any atom is 0.267 e. The lowest BCUT2D eigenvalue weighted by atomic mass is 10.1. The summed E-state index contributed by atoms with van der Waals surface area (Å²) < 4.78 is 11.1. The molecule has 4 rings (SSSR count). The number of nitrogens with zero attached hydrogens (tertiary/aromatic N) is 3.